The van der Waals surface area contributed by atoms with E-state index in [1.54, 1.807) is 24.3 Å². The number of rotatable bonds is 4. The molecular weight excluding hydrogens is 433 g/mol. The monoisotopic (exact) mass is 454 g/mol. The Labute approximate surface area is 188 Å². The lowest BCUT2D eigenvalue weighted by atomic mass is 9.77. The number of hydrogen-bond donors (Lipinski definition) is 1. The summed E-state index contributed by atoms with van der Waals surface area (Å²) in [4.78, 5) is 15.0. The Bertz CT molecular complexity index is 1250. The zero-order chi connectivity index (χ0) is 23.4. The van der Waals surface area contributed by atoms with Crippen LogP contribution in [0.5, 0.6) is 11.5 Å². The van der Waals surface area contributed by atoms with Crippen molar-refractivity contribution in [2.75, 3.05) is 23.3 Å². The average Bonchev–Trinajstić information content (AvgIpc) is 3.07. The normalized spacial score (nSPS) is 18.2. The molecule has 2 heterocycles. The molecule has 0 aromatic heterocycles. The van der Waals surface area contributed by atoms with Gasteiger partial charge in [0.2, 0.25) is 0 Å². The lowest BCUT2D eigenvalue weighted by Crippen LogP contribution is -2.33. The number of nitrogens with one attached hydrogen (secondary N) is 1. The lowest BCUT2D eigenvalue weighted by Gasteiger charge is -2.37. The van der Waals surface area contributed by atoms with E-state index >= 15 is 0 Å². The van der Waals surface area contributed by atoms with E-state index in [4.69, 9.17) is 9.47 Å². The Morgan fingerprint density at radius 1 is 0.909 bits per heavy atom. The predicted molar refractivity (Wildman–Crippen MR) is 118 cm³/mol. The molecule has 8 heteroatoms. The van der Waals surface area contributed by atoms with E-state index in [1.165, 1.54) is 23.5 Å². The van der Waals surface area contributed by atoms with Crippen molar-refractivity contribution in [2.45, 2.75) is 25.7 Å². The third-order valence-corrected chi connectivity index (χ3v) is 6.11. The summed E-state index contributed by atoms with van der Waals surface area (Å²) in [6.45, 7) is 5.68. The minimum absolute atomic E-state index is 0.173. The molecule has 1 spiro atoms. The summed E-state index contributed by atoms with van der Waals surface area (Å²) >= 11 is 0. The van der Waals surface area contributed by atoms with Gasteiger partial charge < -0.3 is 14.4 Å². The quantitative estimate of drug-likeness (QED) is 0.385. The first-order chi connectivity index (χ1) is 15.8. The van der Waals surface area contributed by atoms with Gasteiger partial charge in [-0.1, -0.05) is 18.2 Å². The molecule has 33 heavy (non-hydrogen) atoms. The first kappa shape index (κ1) is 21.2. The van der Waals surface area contributed by atoms with Crippen molar-refractivity contribution < 1.29 is 27.4 Å². The minimum atomic E-state index is -4.61. The number of hydrogen-bond acceptors (Lipinski definition) is 5. The molecule has 0 radical (unpaired) electrons. The van der Waals surface area contributed by atoms with Crippen LogP contribution in [0, 0.1) is 0 Å². The zero-order valence-corrected chi connectivity index (χ0v) is 18.0. The van der Waals surface area contributed by atoms with Crippen LogP contribution < -0.4 is 15.0 Å². The Kier molecular flexibility index (Phi) is 4.77. The van der Waals surface area contributed by atoms with Crippen molar-refractivity contribution in [3.8, 4) is 11.5 Å². The summed E-state index contributed by atoms with van der Waals surface area (Å²) in [5, 5.41) is 1.53. The molecule has 2 aliphatic rings. The Morgan fingerprint density at radius 2 is 1.67 bits per heavy atom. The molecule has 0 saturated heterocycles. The molecule has 1 N–H and O–H groups in total. The van der Waals surface area contributed by atoms with E-state index in [0.29, 0.717) is 33.8 Å². The number of nitrogens with zero attached hydrogens (tertiary/aromatic N) is 1. The summed E-state index contributed by atoms with van der Waals surface area (Å²) in [5.41, 5.74) is 1.19. The van der Waals surface area contributed by atoms with E-state index < -0.39 is 17.9 Å². The van der Waals surface area contributed by atoms with E-state index in [0.717, 1.165) is 18.8 Å². The Balaban J connectivity index is 1.76. The summed E-state index contributed by atoms with van der Waals surface area (Å²) in [6.07, 6.45) is -4.61. The highest BCUT2D eigenvalue weighted by Gasteiger charge is 2.53. The van der Waals surface area contributed by atoms with Gasteiger partial charge in [0.25, 0.3) is 0 Å². The molecule has 170 valence electrons. The maximum absolute atomic E-state index is 13.0. The minimum Gasteiger partial charge on any atom is -0.456 e. The second-order valence-electron chi connectivity index (χ2n) is 7.90. The fraction of sp³-hybridized carbons (Fsp3) is 0.240. The van der Waals surface area contributed by atoms with Crippen molar-refractivity contribution in [1.29, 1.82) is 0 Å². The number of carbonyl (C=O) groups is 1. The van der Waals surface area contributed by atoms with Crippen molar-refractivity contribution >= 4 is 17.3 Å². The Hall–Kier alpha value is -3.68. The molecule has 0 aliphatic carbocycles. The van der Waals surface area contributed by atoms with E-state index in [2.05, 4.69) is 4.90 Å². The van der Waals surface area contributed by atoms with Crippen LogP contribution in [0.25, 0.3) is 0 Å². The number of fused-ring (bicyclic) bond motifs is 6. The molecule has 5 nitrogen and oxygen atoms in total. The van der Waals surface area contributed by atoms with Crippen molar-refractivity contribution in [1.82, 2.24) is 0 Å². The fourth-order valence-corrected chi connectivity index (χ4v) is 4.69. The molecule has 1 atom stereocenters. The summed E-state index contributed by atoms with van der Waals surface area (Å²) < 4.78 is 51.3. The highest BCUT2D eigenvalue weighted by Crippen LogP contribution is 2.57. The number of carbonyl (C=O) groups excluding carboxylic acids is 1. The molecule has 0 saturated carbocycles. The molecule has 1 unspecified atom stereocenters. The third kappa shape index (κ3) is 3.28. The van der Waals surface area contributed by atoms with Gasteiger partial charge in [-0.3, -0.25) is 5.32 Å². The number of halogens is 3. The topological polar surface area (TPSA) is 50.8 Å². The Morgan fingerprint density at radius 3 is 2.39 bits per heavy atom. The first-order valence-corrected chi connectivity index (χ1v) is 10.7. The highest BCUT2D eigenvalue weighted by molar-refractivity contribution is 5.97. The number of ether oxygens (including phenoxy) is 2. The van der Waals surface area contributed by atoms with Gasteiger partial charge in [0.1, 0.15) is 11.5 Å². The smallest absolute Gasteiger partial charge is 0.456 e. The van der Waals surface area contributed by atoms with Crippen molar-refractivity contribution in [2.24, 2.45) is 0 Å². The zero-order valence-electron chi connectivity index (χ0n) is 18.0. The van der Waals surface area contributed by atoms with Crippen LogP contribution in [0.15, 0.2) is 60.7 Å². The lowest BCUT2D eigenvalue weighted by molar-refractivity contribution is -0.0999. The van der Waals surface area contributed by atoms with Gasteiger partial charge in [-0.25, -0.2) is 4.79 Å². The first-order valence-electron chi connectivity index (χ1n) is 10.7. The van der Waals surface area contributed by atoms with Gasteiger partial charge in [0, 0.05) is 47.2 Å². The van der Waals surface area contributed by atoms with Crippen LogP contribution >= 0.6 is 0 Å². The largest absolute Gasteiger partial charge is 0.482 e. The maximum atomic E-state index is 13.0. The molecular formula is C25H21F3N2O3. The molecule has 2 aliphatic heterocycles. The number of alkyl halides is 3. The number of benzene rings is 3. The van der Waals surface area contributed by atoms with Crippen LogP contribution in [-0.2, 0) is 10.3 Å². The number of anilines is 2. The second-order valence-corrected chi connectivity index (χ2v) is 7.90. The summed E-state index contributed by atoms with van der Waals surface area (Å²) in [5.74, 6) is 0.288. The number of esters is 1. The van der Waals surface area contributed by atoms with E-state index in [9.17, 15) is 18.0 Å². The van der Waals surface area contributed by atoms with Gasteiger partial charge in [-0.15, -0.1) is 0 Å². The highest BCUT2D eigenvalue weighted by atomic mass is 19.4. The van der Waals surface area contributed by atoms with Crippen molar-refractivity contribution in [3.05, 3.63) is 82.9 Å². The van der Waals surface area contributed by atoms with Crippen LogP contribution in [0.3, 0.4) is 0 Å². The van der Waals surface area contributed by atoms with Gasteiger partial charge in [0.15, 0.2) is 5.60 Å². The summed E-state index contributed by atoms with van der Waals surface area (Å²) in [6, 6.07) is 16.6. The molecule has 3 aromatic rings. The summed E-state index contributed by atoms with van der Waals surface area (Å²) in [7, 11) is 0. The molecule has 3 aromatic carbocycles. The van der Waals surface area contributed by atoms with Crippen LogP contribution in [-0.4, -0.2) is 25.4 Å². The maximum Gasteiger partial charge on any atom is 0.482 e. The molecule has 0 fully saturated rings. The van der Waals surface area contributed by atoms with Gasteiger partial charge >= 0.3 is 12.3 Å². The predicted octanol–water partition coefficient (Wildman–Crippen LogP) is 6.03. The molecule has 5 rings (SSSR count). The van der Waals surface area contributed by atoms with E-state index in [-0.39, 0.29) is 5.69 Å². The van der Waals surface area contributed by atoms with Crippen LogP contribution in [0.2, 0.25) is 0 Å². The van der Waals surface area contributed by atoms with Crippen molar-refractivity contribution in [3.63, 3.8) is 0 Å². The van der Waals surface area contributed by atoms with Gasteiger partial charge in [-0.05, 0) is 50.2 Å². The molecule has 0 bridgehead atoms. The van der Waals surface area contributed by atoms with Gasteiger partial charge in [0.05, 0.1) is 5.56 Å². The van der Waals surface area contributed by atoms with Crippen LogP contribution in [0.1, 0.15) is 40.9 Å². The fourth-order valence-electron chi connectivity index (χ4n) is 4.69. The standard InChI is InChI=1S/C25H21F3N2O3/c1-3-30(4-2)16-10-11-19-22(14-16)32-21-12-9-15(29-25(26,27)28)13-20(21)24(19)18-8-6-5-7-17(18)23(31)33-24/h5-14,29H,3-4H2,1-2H3. The average molecular weight is 454 g/mol. The van der Waals surface area contributed by atoms with Crippen LogP contribution in [0.4, 0.5) is 24.5 Å². The van der Waals surface area contributed by atoms with Gasteiger partial charge in [-0.2, -0.15) is 13.2 Å². The molecule has 0 amide bonds. The third-order valence-electron chi connectivity index (χ3n) is 6.11. The SMILES string of the molecule is CCN(CC)c1ccc2c(c1)Oc1ccc(NC(F)(F)F)cc1C21OC(=O)c2ccccc21. The van der Waals surface area contributed by atoms with E-state index in [1.807, 2.05) is 32.0 Å². The second kappa shape index (κ2) is 7.43.